The van der Waals surface area contributed by atoms with Crippen LogP contribution in [0.2, 0.25) is 0 Å². The molecular formula is C23H27N3O5S. The first kappa shape index (κ1) is 22.3. The van der Waals surface area contributed by atoms with Gasteiger partial charge in [-0.1, -0.05) is 12.1 Å². The normalized spacial score (nSPS) is 17.3. The molecule has 0 aromatic heterocycles. The summed E-state index contributed by atoms with van der Waals surface area (Å²) >= 11 is 0. The van der Waals surface area contributed by atoms with Crippen molar-refractivity contribution >= 4 is 27.5 Å². The molecule has 0 radical (unpaired) electrons. The van der Waals surface area contributed by atoms with Gasteiger partial charge in [-0.15, -0.1) is 0 Å². The average Bonchev–Trinajstić information content (AvgIpc) is 2.82. The molecule has 0 atom stereocenters. The van der Waals surface area contributed by atoms with Crippen LogP contribution in [0.4, 0.5) is 5.69 Å². The molecule has 9 heteroatoms. The highest BCUT2D eigenvalue weighted by Crippen LogP contribution is 2.29. The number of hydrogen-bond donors (Lipinski definition) is 2. The monoisotopic (exact) mass is 457 g/mol. The fourth-order valence-corrected chi connectivity index (χ4v) is 5.63. The summed E-state index contributed by atoms with van der Waals surface area (Å²) in [6.45, 7) is 1.03. The van der Waals surface area contributed by atoms with Crippen molar-refractivity contribution in [1.82, 2.24) is 9.62 Å². The van der Waals surface area contributed by atoms with E-state index in [9.17, 15) is 18.0 Å². The summed E-state index contributed by atoms with van der Waals surface area (Å²) in [5.74, 6) is 0.443. The number of rotatable bonds is 6. The lowest BCUT2D eigenvalue weighted by atomic mass is 9.97. The molecule has 2 amide bonds. The van der Waals surface area contributed by atoms with Crippen molar-refractivity contribution in [1.29, 1.82) is 0 Å². The van der Waals surface area contributed by atoms with Crippen LogP contribution in [0.1, 0.15) is 30.4 Å². The molecular weight excluding hydrogens is 430 g/mol. The molecule has 1 saturated heterocycles. The fraction of sp³-hybridized carbons (Fsp3) is 0.391. The largest absolute Gasteiger partial charge is 0.497 e. The third-order valence-electron chi connectivity index (χ3n) is 6.06. The van der Waals surface area contributed by atoms with Crippen molar-refractivity contribution in [2.24, 2.45) is 5.92 Å². The van der Waals surface area contributed by atoms with Crippen LogP contribution in [-0.2, 0) is 32.6 Å². The van der Waals surface area contributed by atoms with Crippen molar-refractivity contribution in [3.8, 4) is 5.75 Å². The maximum atomic E-state index is 13.1. The van der Waals surface area contributed by atoms with Crippen molar-refractivity contribution in [2.75, 3.05) is 25.5 Å². The number of carbonyl (C=O) groups excluding carboxylic acids is 2. The second-order valence-corrected chi connectivity index (χ2v) is 10.0. The number of nitrogens with one attached hydrogen (secondary N) is 2. The van der Waals surface area contributed by atoms with E-state index in [-0.39, 0.29) is 22.6 Å². The lowest BCUT2D eigenvalue weighted by molar-refractivity contribution is -0.126. The van der Waals surface area contributed by atoms with E-state index >= 15 is 0 Å². The van der Waals surface area contributed by atoms with Gasteiger partial charge in [-0.3, -0.25) is 9.59 Å². The molecule has 2 aromatic rings. The number of piperidine rings is 1. The highest BCUT2D eigenvalue weighted by Gasteiger charge is 2.32. The van der Waals surface area contributed by atoms with Crippen LogP contribution in [0.3, 0.4) is 0 Å². The van der Waals surface area contributed by atoms with Gasteiger partial charge in [0.1, 0.15) is 5.75 Å². The van der Waals surface area contributed by atoms with E-state index in [2.05, 4.69) is 10.6 Å². The first-order chi connectivity index (χ1) is 15.4. The van der Waals surface area contributed by atoms with Gasteiger partial charge in [-0.05, 0) is 60.7 Å². The van der Waals surface area contributed by atoms with E-state index in [1.807, 2.05) is 24.3 Å². The Kier molecular flexibility index (Phi) is 6.48. The minimum Gasteiger partial charge on any atom is -0.497 e. The highest BCUT2D eigenvalue weighted by atomic mass is 32.2. The Bertz CT molecular complexity index is 1110. The Hall–Kier alpha value is -2.91. The van der Waals surface area contributed by atoms with E-state index in [0.29, 0.717) is 51.0 Å². The number of nitrogens with zero attached hydrogens (tertiary/aromatic N) is 1. The molecule has 2 N–H and O–H groups in total. The molecule has 0 aliphatic carbocycles. The molecule has 8 nitrogen and oxygen atoms in total. The Labute approximate surface area is 188 Å². The predicted octanol–water partition coefficient (Wildman–Crippen LogP) is 2.30. The summed E-state index contributed by atoms with van der Waals surface area (Å²) in [6.07, 6.45) is 1.85. The molecule has 0 saturated carbocycles. The third-order valence-corrected chi connectivity index (χ3v) is 7.96. The minimum atomic E-state index is -3.64. The number of carbonyl (C=O) groups is 2. The maximum Gasteiger partial charge on any atom is 0.243 e. The third kappa shape index (κ3) is 4.78. The van der Waals surface area contributed by atoms with Gasteiger partial charge in [-0.2, -0.15) is 4.31 Å². The van der Waals surface area contributed by atoms with Gasteiger partial charge in [0.25, 0.3) is 0 Å². The van der Waals surface area contributed by atoms with E-state index in [1.54, 1.807) is 19.2 Å². The Morgan fingerprint density at radius 3 is 2.53 bits per heavy atom. The fourth-order valence-electron chi connectivity index (χ4n) is 4.10. The number of amides is 2. The first-order valence-electron chi connectivity index (χ1n) is 10.7. The average molecular weight is 458 g/mol. The smallest absolute Gasteiger partial charge is 0.243 e. The number of anilines is 1. The van der Waals surface area contributed by atoms with Gasteiger partial charge in [0.2, 0.25) is 21.8 Å². The van der Waals surface area contributed by atoms with Crippen LogP contribution in [0.15, 0.2) is 47.4 Å². The van der Waals surface area contributed by atoms with Crippen molar-refractivity contribution in [3.05, 3.63) is 53.6 Å². The number of hydrogen-bond acceptors (Lipinski definition) is 5. The quantitative estimate of drug-likeness (QED) is 0.693. The summed E-state index contributed by atoms with van der Waals surface area (Å²) in [4.78, 5) is 24.3. The van der Waals surface area contributed by atoms with Gasteiger partial charge in [0, 0.05) is 37.7 Å². The minimum absolute atomic E-state index is 0.0533. The Morgan fingerprint density at radius 1 is 1.12 bits per heavy atom. The zero-order valence-electron chi connectivity index (χ0n) is 18.0. The summed E-state index contributed by atoms with van der Waals surface area (Å²) in [7, 11) is -2.04. The standard InChI is InChI=1S/C23H27N3O5S/c1-31-19-5-2-16(3-6-19)15-24-23(28)17-10-12-26(13-11-17)32(29,30)20-7-8-21-18(14-20)4-9-22(27)25-21/h2-3,5-8,14,17H,4,9-13,15H2,1H3,(H,24,28)(H,25,27). The molecule has 4 rings (SSSR count). The first-order valence-corrected chi connectivity index (χ1v) is 12.1. The molecule has 0 unspecified atom stereocenters. The topological polar surface area (TPSA) is 105 Å². The van der Waals surface area contributed by atoms with E-state index in [4.69, 9.17) is 4.74 Å². The Balaban J connectivity index is 1.33. The zero-order chi connectivity index (χ0) is 22.7. The molecule has 0 bridgehead atoms. The van der Waals surface area contributed by atoms with Crippen LogP contribution in [-0.4, -0.2) is 44.7 Å². The molecule has 2 aromatic carbocycles. The molecule has 170 valence electrons. The second kappa shape index (κ2) is 9.30. The molecule has 2 aliphatic rings. The summed E-state index contributed by atoms with van der Waals surface area (Å²) in [5, 5.41) is 5.71. The lowest BCUT2D eigenvalue weighted by Gasteiger charge is -2.31. The van der Waals surface area contributed by atoms with Crippen molar-refractivity contribution in [2.45, 2.75) is 37.1 Å². The number of methoxy groups -OCH3 is 1. The number of ether oxygens (including phenoxy) is 1. The number of fused-ring (bicyclic) bond motifs is 1. The van der Waals surface area contributed by atoms with Gasteiger partial charge in [-0.25, -0.2) is 8.42 Å². The van der Waals surface area contributed by atoms with E-state index in [1.165, 1.54) is 10.4 Å². The van der Waals surface area contributed by atoms with Crippen LogP contribution in [0, 0.1) is 5.92 Å². The molecule has 0 spiro atoms. The van der Waals surface area contributed by atoms with Gasteiger partial charge >= 0.3 is 0 Å². The number of aryl methyl sites for hydroxylation is 1. The Morgan fingerprint density at radius 2 is 1.84 bits per heavy atom. The second-order valence-electron chi connectivity index (χ2n) is 8.11. The van der Waals surface area contributed by atoms with Crippen molar-refractivity contribution < 1.29 is 22.7 Å². The maximum absolute atomic E-state index is 13.1. The van der Waals surface area contributed by atoms with E-state index in [0.717, 1.165) is 16.9 Å². The summed E-state index contributed by atoms with van der Waals surface area (Å²) in [6, 6.07) is 12.3. The molecule has 32 heavy (non-hydrogen) atoms. The predicted molar refractivity (Wildman–Crippen MR) is 120 cm³/mol. The molecule has 2 heterocycles. The van der Waals surface area contributed by atoms with Gasteiger partial charge in [0.15, 0.2) is 0 Å². The summed E-state index contributed by atoms with van der Waals surface area (Å²) in [5.41, 5.74) is 2.48. The molecule has 2 aliphatic heterocycles. The highest BCUT2D eigenvalue weighted by molar-refractivity contribution is 7.89. The van der Waals surface area contributed by atoms with Crippen LogP contribution in [0.5, 0.6) is 5.75 Å². The summed E-state index contributed by atoms with van der Waals surface area (Å²) < 4.78 is 32.8. The number of benzene rings is 2. The SMILES string of the molecule is COc1ccc(CNC(=O)C2CCN(S(=O)(=O)c3ccc4c(c3)CCC(=O)N4)CC2)cc1. The van der Waals surface area contributed by atoms with Gasteiger partial charge in [0.05, 0.1) is 12.0 Å². The van der Waals surface area contributed by atoms with Crippen molar-refractivity contribution in [3.63, 3.8) is 0 Å². The van der Waals surface area contributed by atoms with Crippen LogP contribution in [0.25, 0.3) is 0 Å². The number of sulfonamides is 1. The zero-order valence-corrected chi connectivity index (χ0v) is 18.8. The lowest BCUT2D eigenvalue weighted by Crippen LogP contribution is -2.42. The van der Waals surface area contributed by atoms with E-state index < -0.39 is 10.0 Å². The van der Waals surface area contributed by atoms with Crippen LogP contribution >= 0.6 is 0 Å². The van der Waals surface area contributed by atoms with Gasteiger partial charge < -0.3 is 15.4 Å². The van der Waals surface area contributed by atoms with Crippen LogP contribution < -0.4 is 15.4 Å². The molecule has 1 fully saturated rings.